The monoisotopic (exact) mass is 248 g/mol. The number of carbonyl (C=O) groups is 1. The van der Waals surface area contributed by atoms with Gasteiger partial charge in [0.2, 0.25) is 5.91 Å². The standard InChI is InChI=1S/C11H24N2O2S/c1-4-10(8-12)7-11(14)13-6-5-9(2)16(3)15/h9-10H,4-8,12H2,1-3H3,(H,13,14). The van der Waals surface area contributed by atoms with E-state index in [1.54, 1.807) is 6.26 Å². The van der Waals surface area contributed by atoms with Crippen molar-refractivity contribution in [1.82, 2.24) is 5.32 Å². The quantitative estimate of drug-likeness (QED) is 0.662. The van der Waals surface area contributed by atoms with Gasteiger partial charge in [-0.3, -0.25) is 9.00 Å². The minimum Gasteiger partial charge on any atom is -0.356 e. The summed E-state index contributed by atoms with van der Waals surface area (Å²) in [5, 5.41) is 2.97. The van der Waals surface area contributed by atoms with E-state index in [0.717, 1.165) is 12.8 Å². The molecule has 0 rings (SSSR count). The smallest absolute Gasteiger partial charge is 0.220 e. The van der Waals surface area contributed by atoms with Crippen LogP contribution in [-0.2, 0) is 15.6 Å². The Balaban J connectivity index is 3.69. The third-order valence-electron chi connectivity index (χ3n) is 2.82. The first-order valence-electron chi connectivity index (χ1n) is 5.80. The first-order valence-corrected chi connectivity index (χ1v) is 7.42. The van der Waals surface area contributed by atoms with Crippen LogP contribution in [0.5, 0.6) is 0 Å². The summed E-state index contributed by atoms with van der Waals surface area (Å²) in [6, 6.07) is 0. The van der Waals surface area contributed by atoms with Crippen LogP contribution < -0.4 is 11.1 Å². The zero-order valence-electron chi connectivity index (χ0n) is 10.5. The molecule has 16 heavy (non-hydrogen) atoms. The number of nitrogens with two attached hydrogens (primary N) is 1. The largest absolute Gasteiger partial charge is 0.356 e. The van der Waals surface area contributed by atoms with Crippen LogP contribution in [0.2, 0.25) is 0 Å². The van der Waals surface area contributed by atoms with Crippen molar-refractivity contribution in [3.05, 3.63) is 0 Å². The van der Waals surface area contributed by atoms with Crippen molar-refractivity contribution in [2.24, 2.45) is 11.7 Å². The van der Waals surface area contributed by atoms with Crippen LogP contribution in [0.3, 0.4) is 0 Å². The minimum atomic E-state index is -0.810. The summed E-state index contributed by atoms with van der Waals surface area (Å²) in [4.78, 5) is 11.5. The molecule has 5 heteroatoms. The second-order valence-corrected chi connectivity index (χ2v) is 5.96. The Morgan fingerprint density at radius 3 is 2.56 bits per heavy atom. The molecule has 1 amide bonds. The Hall–Kier alpha value is -0.420. The Morgan fingerprint density at radius 1 is 1.50 bits per heavy atom. The molecule has 0 aromatic carbocycles. The molecular formula is C11H24N2O2S. The normalized spacial score (nSPS) is 16.5. The molecule has 3 N–H and O–H groups in total. The van der Waals surface area contributed by atoms with Crippen molar-refractivity contribution >= 4 is 16.7 Å². The predicted octanol–water partition coefficient (Wildman–Crippen LogP) is 0.635. The Labute approximate surface area is 101 Å². The molecule has 0 aromatic heterocycles. The van der Waals surface area contributed by atoms with Gasteiger partial charge in [-0.25, -0.2) is 0 Å². The molecule has 0 aliphatic rings. The summed E-state index contributed by atoms with van der Waals surface area (Å²) < 4.78 is 11.1. The highest BCUT2D eigenvalue weighted by molar-refractivity contribution is 7.84. The second kappa shape index (κ2) is 8.70. The van der Waals surface area contributed by atoms with E-state index in [9.17, 15) is 9.00 Å². The number of hydrogen-bond donors (Lipinski definition) is 2. The Kier molecular flexibility index (Phi) is 8.47. The van der Waals surface area contributed by atoms with Gasteiger partial charge in [0, 0.05) is 35.3 Å². The van der Waals surface area contributed by atoms with E-state index >= 15 is 0 Å². The van der Waals surface area contributed by atoms with E-state index in [-0.39, 0.29) is 17.1 Å². The average Bonchev–Trinajstić information content (AvgIpc) is 2.25. The zero-order chi connectivity index (χ0) is 12.6. The fraction of sp³-hybridized carbons (Fsp3) is 0.909. The maximum atomic E-state index is 11.5. The first-order chi connectivity index (χ1) is 7.51. The molecular weight excluding hydrogens is 224 g/mol. The SMILES string of the molecule is CCC(CN)CC(=O)NCCC(C)S(C)=O. The van der Waals surface area contributed by atoms with Crippen LogP contribution in [0.1, 0.15) is 33.1 Å². The molecule has 4 nitrogen and oxygen atoms in total. The molecule has 0 saturated heterocycles. The summed E-state index contributed by atoms with van der Waals surface area (Å²) in [6.45, 7) is 5.12. The van der Waals surface area contributed by atoms with Gasteiger partial charge in [0.1, 0.15) is 0 Å². The summed E-state index contributed by atoms with van der Waals surface area (Å²) >= 11 is 0. The van der Waals surface area contributed by atoms with Gasteiger partial charge in [-0.15, -0.1) is 0 Å². The lowest BCUT2D eigenvalue weighted by Crippen LogP contribution is -2.30. The van der Waals surface area contributed by atoms with E-state index in [4.69, 9.17) is 5.73 Å². The highest BCUT2D eigenvalue weighted by Gasteiger charge is 2.11. The van der Waals surface area contributed by atoms with Crippen molar-refractivity contribution in [2.45, 2.75) is 38.4 Å². The molecule has 0 fully saturated rings. The van der Waals surface area contributed by atoms with Gasteiger partial charge in [0.05, 0.1) is 0 Å². The van der Waals surface area contributed by atoms with Gasteiger partial charge in [-0.2, -0.15) is 0 Å². The highest BCUT2D eigenvalue weighted by atomic mass is 32.2. The van der Waals surface area contributed by atoms with Gasteiger partial charge in [0.15, 0.2) is 0 Å². The van der Waals surface area contributed by atoms with Crippen LogP contribution >= 0.6 is 0 Å². The number of carbonyl (C=O) groups excluding carboxylic acids is 1. The van der Waals surface area contributed by atoms with Gasteiger partial charge in [-0.05, 0) is 18.9 Å². The molecule has 0 aliphatic heterocycles. The lowest BCUT2D eigenvalue weighted by Gasteiger charge is -2.13. The van der Waals surface area contributed by atoms with Gasteiger partial charge < -0.3 is 11.1 Å². The zero-order valence-corrected chi connectivity index (χ0v) is 11.3. The fourth-order valence-electron chi connectivity index (χ4n) is 1.31. The summed E-state index contributed by atoms with van der Waals surface area (Å²) in [7, 11) is -0.810. The molecule has 96 valence electrons. The van der Waals surface area contributed by atoms with Crippen LogP contribution in [0.15, 0.2) is 0 Å². The molecule has 3 unspecified atom stereocenters. The molecule has 3 atom stereocenters. The lowest BCUT2D eigenvalue weighted by molar-refractivity contribution is -0.121. The van der Waals surface area contributed by atoms with E-state index < -0.39 is 10.8 Å². The van der Waals surface area contributed by atoms with Crippen molar-refractivity contribution in [3.63, 3.8) is 0 Å². The third kappa shape index (κ3) is 6.95. The first kappa shape index (κ1) is 15.6. The molecule has 0 radical (unpaired) electrons. The number of rotatable bonds is 8. The number of hydrogen-bond acceptors (Lipinski definition) is 3. The maximum Gasteiger partial charge on any atom is 0.220 e. The Bertz CT molecular complexity index is 230. The summed E-state index contributed by atoms with van der Waals surface area (Å²) in [6.07, 6.45) is 3.87. The van der Waals surface area contributed by atoms with E-state index in [0.29, 0.717) is 19.5 Å². The van der Waals surface area contributed by atoms with Gasteiger partial charge in [-0.1, -0.05) is 20.3 Å². The average molecular weight is 248 g/mol. The Morgan fingerprint density at radius 2 is 2.12 bits per heavy atom. The highest BCUT2D eigenvalue weighted by Crippen LogP contribution is 2.05. The van der Waals surface area contributed by atoms with Gasteiger partial charge in [0.25, 0.3) is 0 Å². The van der Waals surface area contributed by atoms with Crippen molar-refractivity contribution in [1.29, 1.82) is 0 Å². The molecule has 0 heterocycles. The van der Waals surface area contributed by atoms with Gasteiger partial charge >= 0.3 is 0 Å². The topological polar surface area (TPSA) is 72.2 Å². The molecule has 0 aromatic rings. The van der Waals surface area contributed by atoms with E-state index in [1.165, 1.54) is 0 Å². The van der Waals surface area contributed by atoms with Crippen molar-refractivity contribution in [2.75, 3.05) is 19.3 Å². The fourth-order valence-corrected chi connectivity index (χ4v) is 1.76. The van der Waals surface area contributed by atoms with Crippen LogP contribution in [0.25, 0.3) is 0 Å². The summed E-state index contributed by atoms with van der Waals surface area (Å²) in [5.74, 6) is 0.323. The lowest BCUT2D eigenvalue weighted by atomic mass is 10.0. The minimum absolute atomic E-state index is 0.0476. The van der Waals surface area contributed by atoms with Crippen LogP contribution in [0.4, 0.5) is 0 Å². The molecule has 0 spiro atoms. The summed E-state index contributed by atoms with van der Waals surface area (Å²) in [5.41, 5.74) is 5.53. The van der Waals surface area contributed by atoms with Crippen LogP contribution in [-0.4, -0.2) is 34.7 Å². The number of nitrogens with one attached hydrogen (secondary N) is 1. The van der Waals surface area contributed by atoms with E-state index in [2.05, 4.69) is 5.32 Å². The number of amides is 1. The predicted molar refractivity (Wildman–Crippen MR) is 68.6 cm³/mol. The second-order valence-electron chi connectivity index (χ2n) is 4.16. The molecule has 0 aliphatic carbocycles. The molecule has 0 saturated carbocycles. The van der Waals surface area contributed by atoms with Crippen LogP contribution in [0, 0.1) is 5.92 Å². The molecule has 0 bridgehead atoms. The third-order valence-corrected chi connectivity index (χ3v) is 4.19. The van der Waals surface area contributed by atoms with Crippen molar-refractivity contribution in [3.8, 4) is 0 Å². The van der Waals surface area contributed by atoms with Crippen molar-refractivity contribution < 1.29 is 9.00 Å². The van der Waals surface area contributed by atoms with E-state index in [1.807, 2.05) is 13.8 Å². The maximum absolute atomic E-state index is 11.5.